The van der Waals surface area contributed by atoms with E-state index >= 15 is 0 Å². The van der Waals surface area contributed by atoms with Gasteiger partial charge in [0.05, 0.1) is 40.8 Å². The summed E-state index contributed by atoms with van der Waals surface area (Å²) in [6.07, 6.45) is 2.49. The average Bonchev–Trinajstić information content (AvgIpc) is 2.99. The molecule has 0 saturated carbocycles. The number of anilines is 2. The van der Waals surface area contributed by atoms with Crippen molar-refractivity contribution in [3.8, 4) is 0 Å². The Balaban J connectivity index is 2.15. The van der Waals surface area contributed by atoms with Crippen LogP contribution in [-0.4, -0.2) is 64.7 Å². The summed E-state index contributed by atoms with van der Waals surface area (Å²) in [4.78, 5) is 15.8. The molecule has 2 aliphatic rings. The van der Waals surface area contributed by atoms with E-state index in [1.54, 1.807) is 6.92 Å². The lowest BCUT2D eigenvalue weighted by atomic mass is 9.82. The maximum Gasteiger partial charge on any atom is 0.258 e. The number of carbonyl (C=O) groups is 1. The number of amides is 1. The topological polar surface area (TPSA) is 133 Å². The van der Waals surface area contributed by atoms with E-state index < -0.39 is 27.3 Å². The lowest BCUT2D eigenvalue weighted by molar-refractivity contribution is -0.128. The third kappa shape index (κ3) is 6.28. The quantitative estimate of drug-likeness (QED) is 0.465. The molecule has 2 atom stereocenters. The van der Waals surface area contributed by atoms with E-state index in [0.29, 0.717) is 21.5 Å². The van der Waals surface area contributed by atoms with Gasteiger partial charge < -0.3 is 10.2 Å². The number of nitrogens with one attached hydrogen (secondary N) is 1. The fourth-order valence-electron chi connectivity index (χ4n) is 5.27. The first kappa shape index (κ1) is 31.4. The zero-order chi connectivity index (χ0) is 29.9. The minimum atomic E-state index is -4.19. The van der Waals surface area contributed by atoms with Gasteiger partial charge in [0.25, 0.3) is 5.91 Å². The second-order valence-corrected chi connectivity index (χ2v) is 19.3. The number of amidine groups is 1. The summed E-state index contributed by atoms with van der Waals surface area (Å²) in [6.45, 7) is 16.8. The summed E-state index contributed by atoms with van der Waals surface area (Å²) >= 11 is 0. The molecule has 13 heteroatoms. The Kier molecular flexibility index (Phi) is 8.06. The Morgan fingerprint density at radius 2 is 1.62 bits per heavy atom. The number of nitrogens with zero attached hydrogens (tertiary/aromatic N) is 3. The van der Waals surface area contributed by atoms with Gasteiger partial charge in [0.2, 0.25) is 27.3 Å². The van der Waals surface area contributed by atoms with Crippen molar-refractivity contribution in [3.63, 3.8) is 0 Å². The molecule has 1 aromatic carbocycles. The SMILES string of the molecule is CCP1(=O)N=C(C2=C(C)[C@H](C(C)(C)C)N(CCC(C)(C)C)C2=O)Nc2ccc(N(S(C)(=O)=O)S(C)(=O)=O)cc21. The minimum Gasteiger partial charge on any atom is -0.339 e. The molecule has 0 aromatic heterocycles. The fourth-order valence-corrected chi connectivity index (χ4v) is 10.1. The average molecular weight is 601 g/mol. The van der Waals surface area contributed by atoms with Crippen molar-refractivity contribution < 1.29 is 26.2 Å². The third-order valence-electron chi connectivity index (χ3n) is 6.86. The van der Waals surface area contributed by atoms with Crippen LogP contribution in [0.5, 0.6) is 0 Å². The van der Waals surface area contributed by atoms with Crippen LogP contribution >= 0.6 is 7.29 Å². The maximum absolute atomic E-state index is 14.2. The van der Waals surface area contributed by atoms with E-state index in [4.69, 9.17) is 0 Å². The number of hydrogen-bond acceptors (Lipinski definition) is 7. The molecule has 0 spiro atoms. The lowest BCUT2D eigenvalue weighted by Crippen LogP contribution is -2.45. The first-order valence-electron chi connectivity index (χ1n) is 12.8. The van der Waals surface area contributed by atoms with Crippen LogP contribution in [0.25, 0.3) is 0 Å². The highest BCUT2D eigenvalue weighted by Gasteiger charge is 2.46. The Bertz CT molecular complexity index is 1480. The summed E-state index contributed by atoms with van der Waals surface area (Å²) < 4.78 is 68.4. The first-order valence-corrected chi connectivity index (χ1v) is 18.4. The summed E-state index contributed by atoms with van der Waals surface area (Å²) in [5.74, 6) is 0.0458. The lowest BCUT2D eigenvalue weighted by Gasteiger charge is -2.37. The van der Waals surface area contributed by atoms with Crippen molar-refractivity contribution in [2.45, 2.75) is 67.9 Å². The standard InChI is InChI=1S/C26H41N4O6PS2/c1-11-37(32)20-16-18(30(38(9,33)34)39(10,35)36)12-13-19(20)27-23(28-37)21-17(2)22(26(6,7)8)29(24(21)31)15-14-25(3,4)5/h12-13,16,22H,11,14-15H2,1-10H3,(H,27,28,32)/t22-,37?/m1/s1. The molecule has 3 rings (SSSR count). The highest BCUT2D eigenvalue weighted by molar-refractivity contribution is 8.09. The van der Waals surface area contributed by atoms with E-state index in [-0.39, 0.29) is 45.8 Å². The van der Waals surface area contributed by atoms with Crippen molar-refractivity contribution in [2.75, 3.05) is 34.2 Å². The van der Waals surface area contributed by atoms with Gasteiger partial charge in [-0.15, -0.1) is 0 Å². The Morgan fingerprint density at radius 3 is 2.08 bits per heavy atom. The van der Waals surface area contributed by atoms with Gasteiger partial charge in [0.15, 0.2) is 0 Å². The largest absolute Gasteiger partial charge is 0.339 e. The number of hydrogen-bond donors (Lipinski definition) is 1. The molecule has 0 bridgehead atoms. The molecule has 0 radical (unpaired) electrons. The highest BCUT2D eigenvalue weighted by Crippen LogP contribution is 2.52. The molecule has 1 N–H and O–H groups in total. The zero-order valence-electron chi connectivity index (χ0n) is 24.5. The molecule has 0 aliphatic carbocycles. The first-order chi connectivity index (χ1) is 17.5. The molecule has 0 fully saturated rings. The summed E-state index contributed by atoms with van der Waals surface area (Å²) in [5, 5.41) is 3.37. The van der Waals surface area contributed by atoms with Crippen molar-refractivity contribution in [1.29, 1.82) is 0 Å². The predicted octanol–water partition coefficient (Wildman–Crippen LogP) is 4.17. The molecule has 2 aliphatic heterocycles. The molecule has 2 heterocycles. The Labute approximate surface area is 233 Å². The van der Waals surface area contributed by atoms with E-state index in [0.717, 1.165) is 24.5 Å². The molecular formula is C26H41N4O6PS2. The van der Waals surface area contributed by atoms with Gasteiger partial charge in [-0.25, -0.2) is 21.6 Å². The van der Waals surface area contributed by atoms with Crippen LogP contribution in [0.4, 0.5) is 11.4 Å². The number of fused-ring (bicyclic) bond motifs is 1. The van der Waals surface area contributed by atoms with Gasteiger partial charge in [0, 0.05) is 12.7 Å². The van der Waals surface area contributed by atoms with Crippen LogP contribution in [0.3, 0.4) is 0 Å². The second kappa shape index (κ2) is 10.0. The summed E-state index contributed by atoms with van der Waals surface area (Å²) in [5.41, 5.74) is 1.25. The van der Waals surface area contributed by atoms with Gasteiger partial charge in [-0.3, -0.25) is 9.36 Å². The fraction of sp³-hybridized carbons (Fsp3) is 0.615. The van der Waals surface area contributed by atoms with Gasteiger partial charge >= 0.3 is 0 Å². The van der Waals surface area contributed by atoms with Gasteiger partial charge in [-0.05, 0) is 47.9 Å². The monoisotopic (exact) mass is 600 g/mol. The molecule has 10 nitrogen and oxygen atoms in total. The molecule has 1 amide bonds. The third-order valence-corrected chi connectivity index (χ3v) is 12.6. The van der Waals surface area contributed by atoms with Crippen LogP contribution in [-0.2, 0) is 29.4 Å². The van der Waals surface area contributed by atoms with Gasteiger partial charge in [0.1, 0.15) is 5.84 Å². The number of carbonyl (C=O) groups excluding carboxylic acids is 1. The number of sulfonamides is 2. The van der Waals surface area contributed by atoms with E-state index in [2.05, 4.69) is 51.6 Å². The van der Waals surface area contributed by atoms with E-state index in [1.165, 1.54) is 18.2 Å². The molecule has 1 aromatic rings. The van der Waals surface area contributed by atoms with Gasteiger partial charge in [-0.1, -0.05) is 48.5 Å². The zero-order valence-corrected chi connectivity index (χ0v) is 27.0. The van der Waals surface area contributed by atoms with Crippen LogP contribution in [0.2, 0.25) is 0 Å². The van der Waals surface area contributed by atoms with Crippen molar-refractivity contribution >= 4 is 55.8 Å². The smallest absolute Gasteiger partial charge is 0.258 e. The van der Waals surface area contributed by atoms with E-state index in [9.17, 15) is 26.2 Å². The maximum atomic E-state index is 14.2. The summed E-state index contributed by atoms with van der Waals surface area (Å²) in [7, 11) is -11.9. The van der Waals surface area contributed by atoms with E-state index in [1.807, 2.05) is 11.8 Å². The van der Waals surface area contributed by atoms with Crippen LogP contribution in [0.1, 0.15) is 61.8 Å². The van der Waals surface area contributed by atoms with Gasteiger partial charge in [-0.2, -0.15) is 3.71 Å². The highest BCUT2D eigenvalue weighted by atomic mass is 32.3. The Hall–Kier alpha value is -2.17. The normalized spacial score (nSPS) is 22.5. The molecule has 0 saturated heterocycles. The number of rotatable bonds is 7. The predicted molar refractivity (Wildman–Crippen MR) is 159 cm³/mol. The Morgan fingerprint density at radius 1 is 1.05 bits per heavy atom. The second-order valence-electron chi connectivity index (χ2n) is 12.7. The molecule has 218 valence electrons. The van der Waals surface area contributed by atoms with Crippen LogP contribution < -0.4 is 14.3 Å². The molecule has 39 heavy (non-hydrogen) atoms. The van der Waals surface area contributed by atoms with Crippen molar-refractivity contribution in [2.24, 2.45) is 15.6 Å². The van der Waals surface area contributed by atoms with Crippen LogP contribution in [0, 0.1) is 10.8 Å². The molecular weight excluding hydrogens is 559 g/mol. The minimum absolute atomic E-state index is 0.0281. The van der Waals surface area contributed by atoms with Crippen molar-refractivity contribution in [1.82, 2.24) is 4.90 Å². The summed E-state index contributed by atoms with van der Waals surface area (Å²) in [6, 6.07) is 3.94. The van der Waals surface area contributed by atoms with Crippen LogP contribution in [0.15, 0.2) is 34.1 Å². The number of benzene rings is 1. The van der Waals surface area contributed by atoms with Crippen molar-refractivity contribution in [3.05, 3.63) is 29.3 Å². The molecule has 1 unspecified atom stereocenters.